The van der Waals surface area contributed by atoms with Crippen molar-refractivity contribution in [2.45, 2.75) is 26.8 Å². The first kappa shape index (κ1) is 15.7. The molecule has 0 atom stereocenters. The second kappa shape index (κ2) is 6.87. The first-order valence-corrected chi connectivity index (χ1v) is 7.19. The van der Waals surface area contributed by atoms with Crippen LogP contribution in [0.1, 0.15) is 27.2 Å². The molecule has 0 aliphatic rings. The molecule has 0 N–H and O–H groups in total. The Morgan fingerprint density at radius 3 is 2.57 bits per heavy atom. The molecular formula is C16H19ClN2O2. The molecule has 1 heterocycles. The van der Waals surface area contributed by atoms with E-state index in [2.05, 4.69) is 11.2 Å². The minimum Gasteiger partial charge on any atom is -0.383 e. The van der Waals surface area contributed by atoms with Gasteiger partial charge >= 0.3 is 0 Å². The molecule has 1 aromatic heterocycles. The second-order valence-corrected chi connectivity index (χ2v) is 5.56. The van der Waals surface area contributed by atoms with E-state index in [-0.39, 0.29) is 5.78 Å². The van der Waals surface area contributed by atoms with Gasteiger partial charge in [-0.05, 0) is 19.4 Å². The highest BCUT2D eigenvalue weighted by Gasteiger charge is 2.18. The van der Waals surface area contributed by atoms with Crippen LogP contribution in [-0.2, 0) is 17.7 Å². The van der Waals surface area contributed by atoms with Crippen molar-refractivity contribution in [1.82, 2.24) is 9.78 Å². The molecule has 0 saturated heterocycles. The molecule has 5 heteroatoms. The van der Waals surface area contributed by atoms with Crippen LogP contribution >= 0.6 is 11.6 Å². The topological polar surface area (TPSA) is 44.1 Å². The average Bonchev–Trinajstić information content (AvgIpc) is 2.76. The lowest BCUT2D eigenvalue weighted by Gasteiger charge is -2.08. The Labute approximate surface area is 129 Å². The van der Waals surface area contributed by atoms with Gasteiger partial charge in [-0.15, -0.1) is 0 Å². The fourth-order valence-electron chi connectivity index (χ4n) is 2.43. The van der Waals surface area contributed by atoms with Crippen molar-refractivity contribution < 1.29 is 9.53 Å². The lowest BCUT2D eigenvalue weighted by Crippen LogP contribution is -2.15. The van der Waals surface area contributed by atoms with Crippen molar-refractivity contribution in [3.63, 3.8) is 0 Å². The van der Waals surface area contributed by atoms with E-state index in [0.29, 0.717) is 30.3 Å². The summed E-state index contributed by atoms with van der Waals surface area (Å²) < 4.78 is 6.63. The van der Waals surface area contributed by atoms with Gasteiger partial charge in [0.1, 0.15) is 5.69 Å². The van der Waals surface area contributed by atoms with E-state index in [9.17, 15) is 4.79 Å². The maximum Gasteiger partial charge on any atom is 0.186 e. The Hall–Kier alpha value is -1.65. The number of methoxy groups -OCH3 is 1. The van der Waals surface area contributed by atoms with Crippen LogP contribution in [0.3, 0.4) is 0 Å². The van der Waals surface area contributed by atoms with Gasteiger partial charge in [0.25, 0.3) is 0 Å². The number of rotatable bonds is 6. The second-order valence-electron chi connectivity index (χ2n) is 5.15. The quantitative estimate of drug-likeness (QED) is 0.770. The highest BCUT2D eigenvalue weighted by atomic mass is 35.5. The van der Waals surface area contributed by atoms with Crippen LogP contribution in [0.25, 0.3) is 0 Å². The summed E-state index contributed by atoms with van der Waals surface area (Å²) in [6.07, 6.45) is 1.83. The van der Waals surface area contributed by atoms with Crippen molar-refractivity contribution in [2.75, 3.05) is 13.7 Å². The molecule has 0 spiro atoms. The minimum absolute atomic E-state index is 0.0291. The van der Waals surface area contributed by atoms with Crippen LogP contribution in [0.5, 0.6) is 0 Å². The zero-order valence-corrected chi connectivity index (χ0v) is 13.3. The van der Waals surface area contributed by atoms with Crippen LogP contribution in [0.4, 0.5) is 0 Å². The fraction of sp³-hybridized carbons (Fsp3) is 0.375. The Bertz CT molecular complexity index is 629. The van der Waals surface area contributed by atoms with Gasteiger partial charge in [0, 0.05) is 13.5 Å². The van der Waals surface area contributed by atoms with E-state index >= 15 is 0 Å². The van der Waals surface area contributed by atoms with E-state index in [4.69, 9.17) is 16.3 Å². The van der Waals surface area contributed by atoms with E-state index in [1.807, 2.05) is 26.0 Å². The summed E-state index contributed by atoms with van der Waals surface area (Å²) in [6.45, 7) is 5.05. The SMILES string of the molecule is COCCn1ncc(Cl)c1C(=O)Cc1cc(C)cc(C)c1. The van der Waals surface area contributed by atoms with Crippen molar-refractivity contribution in [3.8, 4) is 0 Å². The number of ketones is 1. The van der Waals surface area contributed by atoms with E-state index in [1.165, 1.54) is 6.20 Å². The van der Waals surface area contributed by atoms with Crippen LogP contribution < -0.4 is 0 Å². The third kappa shape index (κ3) is 3.93. The van der Waals surface area contributed by atoms with Crippen LogP contribution in [0.15, 0.2) is 24.4 Å². The lowest BCUT2D eigenvalue weighted by atomic mass is 10.0. The highest BCUT2D eigenvalue weighted by Crippen LogP contribution is 2.19. The summed E-state index contributed by atoms with van der Waals surface area (Å²) in [4.78, 5) is 12.5. The average molecular weight is 307 g/mol. The molecular weight excluding hydrogens is 288 g/mol. The Morgan fingerprint density at radius 2 is 1.95 bits per heavy atom. The molecule has 0 aliphatic carbocycles. The van der Waals surface area contributed by atoms with Gasteiger partial charge in [0.2, 0.25) is 0 Å². The number of aromatic nitrogens is 2. The summed E-state index contributed by atoms with van der Waals surface area (Å²) in [6, 6.07) is 6.13. The molecule has 4 nitrogen and oxygen atoms in total. The fourth-order valence-corrected chi connectivity index (χ4v) is 2.67. The van der Waals surface area contributed by atoms with Gasteiger partial charge < -0.3 is 4.74 Å². The third-order valence-electron chi connectivity index (χ3n) is 3.21. The Kier molecular flexibility index (Phi) is 5.15. The van der Waals surface area contributed by atoms with Gasteiger partial charge in [-0.25, -0.2) is 0 Å². The zero-order chi connectivity index (χ0) is 15.4. The molecule has 0 fully saturated rings. The maximum atomic E-state index is 12.5. The number of ether oxygens (including phenoxy) is 1. The molecule has 0 radical (unpaired) electrons. The zero-order valence-electron chi connectivity index (χ0n) is 12.5. The number of benzene rings is 1. The molecule has 0 unspecified atom stereocenters. The molecule has 2 aromatic rings. The van der Waals surface area contributed by atoms with E-state index < -0.39 is 0 Å². The number of hydrogen-bond acceptors (Lipinski definition) is 3. The largest absolute Gasteiger partial charge is 0.383 e. The van der Waals surface area contributed by atoms with Gasteiger partial charge in [-0.3, -0.25) is 9.48 Å². The summed E-state index contributed by atoms with van der Waals surface area (Å²) in [5.41, 5.74) is 3.74. The molecule has 112 valence electrons. The number of hydrogen-bond donors (Lipinski definition) is 0. The molecule has 1 aromatic carbocycles. The van der Waals surface area contributed by atoms with Crippen LogP contribution in [0, 0.1) is 13.8 Å². The molecule has 0 amide bonds. The predicted molar refractivity (Wildman–Crippen MR) is 83.1 cm³/mol. The molecule has 2 rings (SSSR count). The van der Waals surface area contributed by atoms with E-state index in [0.717, 1.165) is 16.7 Å². The number of Topliss-reactive ketones (excluding diaryl/α,β-unsaturated/α-hetero) is 1. The summed E-state index contributed by atoms with van der Waals surface area (Å²) in [5.74, 6) is -0.0291. The molecule has 0 aliphatic heterocycles. The number of aryl methyl sites for hydroxylation is 2. The van der Waals surface area contributed by atoms with Crippen molar-refractivity contribution in [2.24, 2.45) is 0 Å². The normalized spacial score (nSPS) is 10.9. The minimum atomic E-state index is -0.0291. The van der Waals surface area contributed by atoms with Crippen molar-refractivity contribution in [3.05, 3.63) is 51.8 Å². The summed E-state index contributed by atoms with van der Waals surface area (Å²) >= 11 is 6.10. The monoisotopic (exact) mass is 306 g/mol. The third-order valence-corrected chi connectivity index (χ3v) is 3.49. The first-order chi connectivity index (χ1) is 10.0. The molecule has 0 saturated carbocycles. The van der Waals surface area contributed by atoms with E-state index in [1.54, 1.807) is 11.8 Å². The summed E-state index contributed by atoms with van der Waals surface area (Å²) in [7, 11) is 1.61. The predicted octanol–water partition coefficient (Wildman–Crippen LogP) is 3.23. The number of nitrogens with zero attached hydrogens (tertiary/aromatic N) is 2. The standard InChI is InChI=1S/C16H19ClN2O2/c1-11-6-12(2)8-13(7-11)9-15(20)16-14(17)10-18-19(16)4-5-21-3/h6-8,10H,4-5,9H2,1-3H3. The number of halogens is 1. The smallest absolute Gasteiger partial charge is 0.186 e. The van der Waals surface area contributed by atoms with Gasteiger partial charge in [-0.2, -0.15) is 5.10 Å². The lowest BCUT2D eigenvalue weighted by molar-refractivity contribution is 0.0979. The Morgan fingerprint density at radius 1 is 1.29 bits per heavy atom. The number of carbonyl (C=O) groups excluding carboxylic acids is 1. The van der Waals surface area contributed by atoms with Gasteiger partial charge in [0.05, 0.1) is 24.4 Å². The van der Waals surface area contributed by atoms with Crippen molar-refractivity contribution in [1.29, 1.82) is 0 Å². The van der Waals surface area contributed by atoms with Crippen LogP contribution in [-0.4, -0.2) is 29.3 Å². The maximum absolute atomic E-state index is 12.5. The molecule has 0 bridgehead atoms. The molecule has 21 heavy (non-hydrogen) atoms. The first-order valence-electron chi connectivity index (χ1n) is 6.82. The highest BCUT2D eigenvalue weighted by molar-refractivity contribution is 6.33. The van der Waals surface area contributed by atoms with Gasteiger partial charge in [-0.1, -0.05) is 40.9 Å². The summed E-state index contributed by atoms with van der Waals surface area (Å²) in [5, 5.41) is 4.52. The van der Waals surface area contributed by atoms with Crippen LogP contribution in [0.2, 0.25) is 5.02 Å². The van der Waals surface area contributed by atoms with Gasteiger partial charge in [0.15, 0.2) is 5.78 Å². The number of carbonyl (C=O) groups is 1. The Balaban J connectivity index is 2.22. The van der Waals surface area contributed by atoms with Crippen molar-refractivity contribution >= 4 is 17.4 Å².